The molecule has 3 N–H and O–H groups in total. The van der Waals surface area contributed by atoms with Crippen LogP contribution in [0.15, 0.2) is 36.4 Å². The largest absolute Gasteiger partial charge is 0.324 e. The standard InChI is InChI=1S/C7H3F2N.C7H6FN3/c8-6-2-1-5(4-10)7(9)3-6;8-7-3-6(11-10)2-1-5(7)4-9/h1-3H;1-3,11H,10H2. The molecule has 0 amide bonds. The third kappa shape index (κ3) is 4.53. The summed E-state index contributed by atoms with van der Waals surface area (Å²) in [7, 11) is 0. The molecule has 2 aromatic rings. The van der Waals surface area contributed by atoms with Gasteiger partial charge in [0, 0.05) is 6.07 Å². The molecular weight excluding hydrogens is 281 g/mol. The number of hydrogen-bond donors (Lipinski definition) is 2. The number of halogens is 3. The first-order valence-electron chi connectivity index (χ1n) is 5.53. The number of nitrogens with two attached hydrogens (primary N) is 1. The second-order valence-corrected chi connectivity index (χ2v) is 3.69. The second kappa shape index (κ2) is 7.53. The molecule has 0 fully saturated rings. The highest BCUT2D eigenvalue weighted by atomic mass is 19.1. The molecule has 7 heteroatoms. The molecule has 0 radical (unpaired) electrons. The lowest BCUT2D eigenvalue weighted by Crippen LogP contribution is -2.06. The van der Waals surface area contributed by atoms with Crippen LogP contribution in [0.4, 0.5) is 18.9 Å². The van der Waals surface area contributed by atoms with Gasteiger partial charge in [0.1, 0.15) is 29.6 Å². The molecule has 0 heterocycles. The number of rotatable bonds is 1. The Hall–Kier alpha value is -3.03. The van der Waals surface area contributed by atoms with Gasteiger partial charge in [-0.2, -0.15) is 10.5 Å². The zero-order valence-corrected chi connectivity index (χ0v) is 10.6. The quantitative estimate of drug-likeness (QED) is 0.624. The van der Waals surface area contributed by atoms with Crippen LogP contribution in [-0.4, -0.2) is 0 Å². The minimum atomic E-state index is -0.817. The van der Waals surface area contributed by atoms with Crippen LogP contribution in [-0.2, 0) is 0 Å². The Labute approximate surface area is 118 Å². The van der Waals surface area contributed by atoms with E-state index in [0.717, 1.165) is 12.1 Å². The molecule has 0 aliphatic carbocycles. The van der Waals surface area contributed by atoms with Crippen molar-refractivity contribution in [2.75, 3.05) is 5.43 Å². The fraction of sp³-hybridized carbons (Fsp3) is 0. The number of hydrazine groups is 1. The number of hydrogen-bond acceptors (Lipinski definition) is 4. The van der Waals surface area contributed by atoms with Crippen LogP contribution in [0.5, 0.6) is 0 Å². The van der Waals surface area contributed by atoms with Crippen molar-refractivity contribution in [2.24, 2.45) is 5.84 Å². The molecule has 0 bridgehead atoms. The molecular formula is C14H9F3N4. The number of nitrogens with one attached hydrogen (secondary N) is 1. The van der Waals surface area contributed by atoms with Crippen LogP contribution in [0.2, 0.25) is 0 Å². The SMILES string of the molecule is N#Cc1ccc(F)cc1F.N#Cc1ccc(NN)cc1F. The Balaban J connectivity index is 0.000000211. The number of nitrogens with zero attached hydrogens (tertiary/aromatic N) is 2. The monoisotopic (exact) mass is 290 g/mol. The van der Waals surface area contributed by atoms with Crippen molar-refractivity contribution in [3.8, 4) is 12.1 Å². The van der Waals surface area contributed by atoms with Crippen molar-refractivity contribution >= 4 is 5.69 Å². The first-order valence-corrected chi connectivity index (χ1v) is 5.53. The van der Waals surface area contributed by atoms with Gasteiger partial charge in [-0.05, 0) is 30.3 Å². The number of benzene rings is 2. The lowest BCUT2D eigenvalue weighted by molar-refractivity contribution is 0.581. The summed E-state index contributed by atoms with van der Waals surface area (Å²) >= 11 is 0. The molecule has 0 unspecified atom stereocenters. The van der Waals surface area contributed by atoms with Crippen molar-refractivity contribution in [2.45, 2.75) is 0 Å². The van der Waals surface area contributed by atoms with E-state index in [9.17, 15) is 13.2 Å². The predicted molar refractivity (Wildman–Crippen MR) is 70.0 cm³/mol. The molecule has 0 aliphatic rings. The van der Waals surface area contributed by atoms with Crippen molar-refractivity contribution in [3.05, 3.63) is 65.0 Å². The normalized spacial score (nSPS) is 8.86. The average Bonchev–Trinajstić information content (AvgIpc) is 2.48. The Morgan fingerprint density at radius 3 is 1.81 bits per heavy atom. The molecule has 0 aromatic heterocycles. The zero-order chi connectivity index (χ0) is 15.8. The van der Waals surface area contributed by atoms with E-state index in [2.05, 4.69) is 5.43 Å². The molecule has 106 valence electrons. The van der Waals surface area contributed by atoms with E-state index in [1.165, 1.54) is 18.2 Å². The van der Waals surface area contributed by atoms with E-state index in [1.54, 1.807) is 12.1 Å². The van der Waals surface area contributed by atoms with Crippen LogP contribution in [0.1, 0.15) is 11.1 Å². The van der Waals surface area contributed by atoms with Crippen molar-refractivity contribution in [1.29, 1.82) is 10.5 Å². The minimum absolute atomic E-state index is 0.0176. The lowest BCUT2D eigenvalue weighted by Gasteiger charge is -1.98. The van der Waals surface area contributed by atoms with Gasteiger partial charge >= 0.3 is 0 Å². The van der Waals surface area contributed by atoms with Gasteiger partial charge in [0.05, 0.1) is 16.8 Å². The number of nitriles is 2. The van der Waals surface area contributed by atoms with Crippen LogP contribution in [0.3, 0.4) is 0 Å². The van der Waals surface area contributed by atoms with Crippen LogP contribution in [0.25, 0.3) is 0 Å². The fourth-order valence-corrected chi connectivity index (χ4v) is 1.28. The highest BCUT2D eigenvalue weighted by Gasteiger charge is 2.01. The Morgan fingerprint density at radius 1 is 0.857 bits per heavy atom. The van der Waals surface area contributed by atoms with Gasteiger partial charge in [-0.15, -0.1) is 0 Å². The summed E-state index contributed by atoms with van der Waals surface area (Å²) in [6, 6.07) is 10.2. The van der Waals surface area contributed by atoms with Crippen LogP contribution < -0.4 is 11.3 Å². The van der Waals surface area contributed by atoms with Gasteiger partial charge in [0.2, 0.25) is 0 Å². The van der Waals surface area contributed by atoms with Crippen LogP contribution >= 0.6 is 0 Å². The van der Waals surface area contributed by atoms with E-state index in [1.807, 2.05) is 0 Å². The summed E-state index contributed by atoms with van der Waals surface area (Å²) in [5.74, 6) is 2.96. The third-order valence-corrected chi connectivity index (χ3v) is 2.31. The summed E-state index contributed by atoms with van der Waals surface area (Å²) in [6.07, 6.45) is 0. The predicted octanol–water partition coefficient (Wildman–Crippen LogP) is 2.82. The van der Waals surface area contributed by atoms with E-state index >= 15 is 0 Å². The van der Waals surface area contributed by atoms with Gasteiger partial charge in [0.15, 0.2) is 0 Å². The second-order valence-electron chi connectivity index (χ2n) is 3.69. The molecule has 4 nitrogen and oxygen atoms in total. The Bertz CT molecular complexity index is 717. The Morgan fingerprint density at radius 2 is 1.38 bits per heavy atom. The summed E-state index contributed by atoms with van der Waals surface area (Å²) in [4.78, 5) is 0. The summed E-state index contributed by atoms with van der Waals surface area (Å²) < 4.78 is 37.2. The molecule has 0 saturated heterocycles. The highest BCUT2D eigenvalue weighted by molar-refractivity contribution is 5.47. The highest BCUT2D eigenvalue weighted by Crippen LogP contribution is 2.12. The maximum absolute atomic E-state index is 12.7. The molecule has 21 heavy (non-hydrogen) atoms. The summed E-state index contributed by atoms with van der Waals surface area (Å²) in [5, 5.41) is 16.5. The van der Waals surface area contributed by atoms with E-state index in [-0.39, 0.29) is 11.1 Å². The van der Waals surface area contributed by atoms with Gasteiger partial charge in [-0.25, -0.2) is 13.2 Å². The van der Waals surface area contributed by atoms with Crippen molar-refractivity contribution in [3.63, 3.8) is 0 Å². The molecule has 0 saturated carbocycles. The fourth-order valence-electron chi connectivity index (χ4n) is 1.28. The summed E-state index contributed by atoms with van der Waals surface area (Å²) in [5.41, 5.74) is 2.60. The molecule has 0 spiro atoms. The van der Waals surface area contributed by atoms with E-state index < -0.39 is 17.5 Å². The van der Waals surface area contributed by atoms with Gasteiger partial charge < -0.3 is 5.43 Å². The van der Waals surface area contributed by atoms with Gasteiger partial charge in [-0.3, -0.25) is 5.84 Å². The third-order valence-electron chi connectivity index (χ3n) is 2.31. The van der Waals surface area contributed by atoms with E-state index in [4.69, 9.17) is 16.4 Å². The molecule has 0 atom stereocenters. The van der Waals surface area contributed by atoms with Crippen molar-refractivity contribution in [1.82, 2.24) is 0 Å². The first kappa shape index (κ1) is 16.0. The number of anilines is 1. The van der Waals surface area contributed by atoms with Crippen molar-refractivity contribution < 1.29 is 13.2 Å². The lowest BCUT2D eigenvalue weighted by atomic mass is 10.2. The first-order chi connectivity index (χ1) is 10.0. The average molecular weight is 290 g/mol. The van der Waals surface area contributed by atoms with Crippen LogP contribution in [0, 0.1) is 40.1 Å². The molecule has 2 rings (SSSR count). The van der Waals surface area contributed by atoms with Gasteiger partial charge in [-0.1, -0.05) is 0 Å². The Kier molecular flexibility index (Phi) is 5.75. The maximum atomic E-state index is 12.7. The molecule has 2 aromatic carbocycles. The topological polar surface area (TPSA) is 85.6 Å². The summed E-state index contributed by atoms with van der Waals surface area (Å²) in [6.45, 7) is 0. The zero-order valence-electron chi connectivity index (χ0n) is 10.6. The number of nitrogen functional groups attached to an aromatic ring is 1. The van der Waals surface area contributed by atoms with Gasteiger partial charge in [0.25, 0.3) is 0 Å². The maximum Gasteiger partial charge on any atom is 0.143 e. The smallest absolute Gasteiger partial charge is 0.143 e. The van der Waals surface area contributed by atoms with E-state index in [0.29, 0.717) is 11.8 Å². The molecule has 0 aliphatic heterocycles. The minimum Gasteiger partial charge on any atom is -0.324 e.